The molecule has 1 amide bonds. The average Bonchev–Trinajstić information content (AvgIpc) is 2.91. The van der Waals surface area contributed by atoms with E-state index in [9.17, 15) is 4.79 Å². The van der Waals surface area contributed by atoms with Gasteiger partial charge in [0, 0.05) is 18.8 Å². The Morgan fingerprint density at radius 2 is 1.83 bits per heavy atom. The van der Waals surface area contributed by atoms with Crippen LogP contribution in [0.4, 0.5) is 0 Å². The molecular weight excluding hydrogens is 310 g/mol. The molecular formula is C17H23N3O4. The van der Waals surface area contributed by atoms with Gasteiger partial charge in [-0.1, -0.05) is 0 Å². The van der Waals surface area contributed by atoms with E-state index in [1.165, 1.54) is 21.3 Å². The van der Waals surface area contributed by atoms with Gasteiger partial charge in [-0.05, 0) is 26.0 Å². The molecule has 0 aliphatic rings. The Bertz CT molecular complexity index is 740. The fourth-order valence-corrected chi connectivity index (χ4v) is 2.68. The molecule has 1 unspecified atom stereocenters. The number of hydrogen-bond donors (Lipinski definition) is 1. The van der Waals surface area contributed by atoms with Crippen LogP contribution in [0.25, 0.3) is 0 Å². The van der Waals surface area contributed by atoms with Crippen LogP contribution in [0.3, 0.4) is 0 Å². The Hall–Kier alpha value is -2.70. The Morgan fingerprint density at radius 1 is 1.17 bits per heavy atom. The molecule has 0 saturated heterocycles. The zero-order chi connectivity index (χ0) is 17.9. The zero-order valence-corrected chi connectivity index (χ0v) is 14.8. The van der Waals surface area contributed by atoms with Crippen LogP contribution >= 0.6 is 0 Å². The van der Waals surface area contributed by atoms with Crippen molar-refractivity contribution in [3.63, 3.8) is 0 Å². The number of hydrogen-bond acceptors (Lipinski definition) is 5. The van der Waals surface area contributed by atoms with E-state index in [1.54, 1.807) is 16.8 Å². The first kappa shape index (κ1) is 17.7. The number of benzene rings is 1. The molecule has 0 spiro atoms. The highest BCUT2D eigenvalue weighted by Crippen LogP contribution is 2.39. The third-order valence-electron chi connectivity index (χ3n) is 3.81. The summed E-state index contributed by atoms with van der Waals surface area (Å²) in [5.41, 5.74) is 2.22. The smallest absolute Gasteiger partial charge is 0.255 e. The summed E-state index contributed by atoms with van der Waals surface area (Å²) in [5.74, 6) is 0.966. The maximum atomic E-state index is 12.7. The van der Waals surface area contributed by atoms with Crippen LogP contribution in [0.15, 0.2) is 18.3 Å². The Balaban J connectivity index is 2.31. The van der Waals surface area contributed by atoms with Gasteiger partial charge in [0.25, 0.3) is 5.91 Å². The number of carbonyl (C=O) groups excluding carboxylic acids is 1. The number of ether oxygens (including phenoxy) is 3. The third kappa shape index (κ3) is 3.29. The summed E-state index contributed by atoms with van der Waals surface area (Å²) in [4.78, 5) is 12.7. The highest BCUT2D eigenvalue weighted by molar-refractivity contribution is 5.98. The number of nitrogens with zero attached hydrogens (tertiary/aromatic N) is 2. The van der Waals surface area contributed by atoms with Crippen LogP contribution < -0.4 is 19.5 Å². The monoisotopic (exact) mass is 333 g/mol. The first-order chi connectivity index (χ1) is 11.4. The van der Waals surface area contributed by atoms with Gasteiger partial charge in [-0.3, -0.25) is 9.48 Å². The van der Waals surface area contributed by atoms with E-state index in [2.05, 4.69) is 10.4 Å². The van der Waals surface area contributed by atoms with Gasteiger partial charge in [-0.2, -0.15) is 5.10 Å². The standard InChI is InChI=1S/C17H23N3O4/c1-10(13-9-20(3)19-11(13)2)18-17(21)12-7-8-14(22-4)16(24-6)15(12)23-5/h7-10H,1-6H3,(H,18,21). The second kappa shape index (κ2) is 7.25. The first-order valence-corrected chi connectivity index (χ1v) is 7.52. The molecule has 1 atom stereocenters. The van der Waals surface area contributed by atoms with Crippen molar-refractivity contribution < 1.29 is 19.0 Å². The van der Waals surface area contributed by atoms with Crippen LogP contribution in [0.5, 0.6) is 17.2 Å². The van der Waals surface area contributed by atoms with Crippen molar-refractivity contribution in [3.8, 4) is 17.2 Å². The maximum absolute atomic E-state index is 12.7. The number of methoxy groups -OCH3 is 3. The lowest BCUT2D eigenvalue weighted by atomic mass is 10.1. The summed E-state index contributed by atoms with van der Waals surface area (Å²) in [7, 11) is 6.37. The summed E-state index contributed by atoms with van der Waals surface area (Å²) in [5, 5.41) is 7.26. The van der Waals surface area contributed by atoms with Crippen LogP contribution in [-0.4, -0.2) is 37.0 Å². The molecule has 7 heteroatoms. The normalized spacial score (nSPS) is 11.8. The van der Waals surface area contributed by atoms with Crippen molar-refractivity contribution in [2.75, 3.05) is 21.3 Å². The summed E-state index contributed by atoms with van der Waals surface area (Å²) in [6, 6.07) is 3.14. The summed E-state index contributed by atoms with van der Waals surface area (Å²) in [6.07, 6.45) is 1.89. The quantitative estimate of drug-likeness (QED) is 0.877. The predicted octanol–water partition coefficient (Wildman–Crippen LogP) is 2.25. The van der Waals surface area contributed by atoms with Crippen LogP contribution in [0.1, 0.15) is 34.6 Å². The van der Waals surface area contributed by atoms with E-state index in [1.807, 2.05) is 27.1 Å². The molecule has 0 aliphatic carbocycles. The van der Waals surface area contributed by atoms with Gasteiger partial charge in [0.1, 0.15) is 0 Å². The van der Waals surface area contributed by atoms with Gasteiger partial charge < -0.3 is 19.5 Å². The van der Waals surface area contributed by atoms with E-state index in [4.69, 9.17) is 14.2 Å². The molecule has 1 heterocycles. The minimum atomic E-state index is -0.261. The maximum Gasteiger partial charge on any atom is 0.255 e. The van der Waals surface area contributed by atoms with Crippen LogP contribution in [0.2, 0.25) is 0 Å². The van der Waals surface area contributed by atoms with Gasteiger partial charge in [0.05, 0.1) is 38.6 Å². The molecule has 0 radical (unpaired) electrons. The second-order valence-electron chi connectivity index (χ2n) is 5.42. The predicted molar refractivity (Wildman–Crippen MR) is 89.9 cm³/mol. The fraction of sp³-hybridized carbons (Fsp3) is 0.412. The molecule has 0 saturated carbocycles. The molecule has 24 heavy (non-hydrogen) atoms. The largest absolute Gasteiger partial charge is 0.493 e. The van der Waals surface area contributed by atoms with Crippen molar-refractivity contribution in [2.24, 2.45) is 7.05 Å². The van der Waals surface area contributed by atoms with E-state index in [0.29, 0.717) is 22.8 Å². The first-order valence-electron chi connectivity index (χ1n) is 7.52. The van der Waals surface area contributed by atoms with Gasteiger partial charge in [-0.15, -0.1) is 0 Å². The molecule has 2 aromatic rings. The number of nitrogens with one attached hydrogen (secondary N) is 1. The minimum Gasteiger partial charge on any atom is -0.493 e. The van der Waals surface area contributed by atoms with E-state index >= 15 is 0 Å². The Morgan fingerprint density at radius 3 is 2.33 bits per heavy atom. The molecule has 7 nitrogen and oxygen atoms in total. The molecule has 0 aliphatic heterocycles. The number of rotatable bonds is 6. The van der Waals surface area contributed by atoms with Gasteiger partial charge >= 0.3 is 0 Å². The lowest BCUT2D eigenvalue weighted by Crippen LogP contribution is -2.27. The van der Waals surface area contributed by atoms with Crippen molar-refractivity contribution in [3.05, 3.63) is 35.2 Å². The molecule has 130 valence electrons. The number of amides is 1. The Kier molecular flexibility index (Phi) is 5.33. The van der Waals surface area contributed by atoms with Gasteiger partial charge in [0.2, 0.25) is 5.75 Å². The highest BCUT2D eigenvalue weighted by atomic mass is 16.5. The fourth-order valence-electron chi connectivity index (χ4n) is 2.68. The van der Waals surface area contributed by atoms with Gasteiger partial charge in [-0.25, -0.2) is 0 Å². The minimum absolute atomic E-state index is 0.191. The molecule has 2 rings (SSSR count). The lowest BCUT2D eigenvalue weighted by molar-refractivity contribution is 0.0936. The topological polar surface area (TPSA) is 74.6 Å². The van der Waals surface area contributed by atoms with E-state index < -0.39 is 0 Å². The van der Waals surface area contributed by atoms with Crippen LogP contribution in [-0.2, 0) is 7.05 Å². The Labute approximate surface area is 141 Å². The summed E-state index contributed by atoms with van der Waals surface area (Å²) < 4.78 is 17.6. The molecule has 1 aromatic heterocycles. The highest BCUT2D eigenvalue weighted by Gasteiger charge is 2.22. The SMILES string of the molecule is COc1ccc(C(=O)NC(C)c2cn(C)nc2C)c(OC)c1OC. The van der Waals surface area contributed by atoms with E-state index in [-0.39, 0.29) is 11.9 Å². The van der Waals surface area contributed by atoms with E-state index in [0.717, 1.165) is 11.3 Å². The molecule has 0 fully saturated rings. The van der Waals surface area contributed by atoms with Gasteiger partial charge in [0.15, 0.2) is 11.5 Å². The molecule has 1 aromatic carbocycles. The summed E-state index contributed by atoms with van der Waals surface area (Å²) in [6.45, 7) is 3.82. The second-order valence-corrected chi connectivity index (χ2v) is 5.42. The number of aromatic nitrogens is 2. The lowest BCUT2D eigenvalue weighted by Gasteiger charge is -2.17. The van der Waals surface area contributed by atoms with Crippen LogP contribution in [0, 0.1) is 6.92 Å². The number of aryl methyl sites for hydroxylation is 2. The van der Waals surface area contributed by atoms with Crippen molar-refractivity contribution in [1.29, 1.82) is 0 Å². The van der Waals surface area contributed by atoms with Crippen molar-refractivity contribution >= 4 is 5.91 Å². The average molecular weight is 333 g/mol. The molecule has 0 bridgehead atoms. The zero-order valence-electron chi connectivity index (χ0n) is 14.8. The third-order valence-corrected chi connectivity index (χ3v) is 3.81. The summed E-state index contributed by atoms with van der Waals surface area (Å²) >= 11 is 0. The molecule has 1 N–H and O–H groups in total. The van der Waals surface area contributed by atoms with Crippen molar-refractivity contribution in [2.45, 2.75) is 19.9 Å². The van der Waals surface area contributed by atoms with Crippen molar-refractivity contribution in [1.82, 2.24) is 15.1 Å². The number of carbonyl (C=O) groups is 1.